The molecule has 0 unspecified atom stereocenters. The van der Waals surface area contributed by atoms with Crippen molar-refractivity contribution >= 4 is 28.3 Å². The Bertz CT molecular complexity index is 908. The first-order chi connectivity index (χ1) is 11.0. The second-order valence-electron chi connectivity index (χ2n) is 5.44. The SMILES string of the molecule is Cc1cccc(C)c1NC(=O)C(=O)c1c[nH]c2ccc(F)cc12. The Morgan fingerprint density at radius 3 is 2.48 bits per heavy atom. The molecule has 0 aliphatic carbocycles. The quantitative estimate of drug-likeness (QED) is 0.572. The van der Waals surface area contributed by atoms with E-state index in [1.165, 1.54) is 24.4 Å². The lowest BCUT2D eigenvalue weighted by Gasteiger charge is -2.10. The fourth-order valence-electron chi connectivity index (χ4n) is 2.58. The van der Waals surface area contributed by atoms with Gasteiger partial charge in [-0.15, -0.1) is 0 Å². The predicted octanol–water partition coefficient (Wildman–Crippen LogP) is 3.75. The van der Waals surface area contributed by atoms with Crippen molar-refractivity contribution in [1.29, 1.82) is 0 Å². The smallest absolute Gasteiger partial charge is 0.296 e. The second kappa shape index (κ2) is 5.68. The number of carbonyl (C=O) groups excluding carboxylic acids is 2. The summed E-state index contributed by atoms with van der Waals surface area (Å²) in [5.41, 5.74) is 3.13. The summed E-state index contributed by atoms with van der Waals surface area (Å²) >= 11 is 0. The van der Waals surface area contributed by atoms with Crippen molar-refractivity contribution in [2.24, 2.45) is 0 Å². The van der Waals surface area contributed by atoms with Gasteiger partial charge in [0.05, 0.1) is 5.56 Å². The van der Waals surface area contributed by atoms with Crippen molar-refractivity contribution in [2.75, 3.05) is 5.32 Å². The van der Waals surface area contributed by atoms with Crippen molar-refractivity contribution in [3.8, 4) is 0 Å². The van der Waals surface area contributed by atoms with E-state index in [2.05, 4.69) is 10.3 Å². The van der Waals surface area contributed by atoms with Crippen LogP contribution in [-0.4, -0.2) is 16.7 Å². The summed E-state index contributed by atoms with van der Waals surface area (Å²) in [6, 6.07) is 9.66. The number of hydrogen-bond acceptors (Lipinski definition) is 2. The van der Waals surface area contributed by atoms with Gasteiger partial charge in [-0.25, -0.2) is 4.39 Å². The lowest BCUT2D eigenvalue weighted by atomic mass is 10.1. The number of aromatic nitrogens is 1. The Morgan fingerprint density at radius 2 is 1.78 bits per heavy atom. The predicted molar refractivity (Wildman–Crippen MR) is 87.1 cm³/mol. The molecule has 0 spiro atoms. The van der Waals surface area contributed by atoms with Crippen LogP contribution in [0.25, 0.3) is 10.9 Å². The van der Waals surface area contributed by atoms with Crippen LogP contribution in [0.4, 0.5) is 10.1 Å². The molecule has 3 rings (SSSR count). The van der Waals surface area contributed by atoms with Gasteiger partial charge in [-0.05, 0) is 43.2 Å². The summed E-state index contributed by atoms with van der Waals surface area (Å²) in [5.74, 6) is -1.90. The molecule has 1 aromatic heterocycles. The molecule has 4 nitrogen and oxygen atoms in total. The largest absolute Gasteiger partial charge is 0.360 e. The van der Waals surface area contributed by atoms with E-state index in [4.69, 9.17) is 0 Å². The summed E-state index contributed by atoms with van der Waals surface area (Å²) in [4.78, 5) is 27.5. The van der Waals surface area contributed by atoms with Crippen LogP contribution < -0.4 is 5.32 Å². The number of benzene rings is 2. The van der Waals surface area contributed by atoms with Crippen molar-refractivity contribution in [3.05, 3.63) is 65.1 Å². The van der Waals surface area contributed by atoms with Gasteiger partial charge in [-0.2, -0.15) is 0 Å². The summed E-state index contributed by atoms with van der Waals surface area (Å²) in [5, 5.41) is 3.04. The minimum absolute atomic E-state index is 0.156. The lowest BCUT2D eigenvalue weighted by molar-refractivity contribution is -0.112. The average molecular weight is 310 g/mol. The number of anilines is 1. The summed E-state index contributed by atoms with van der Waals surface area (Å²) in [7, 11) is 0. The summed E-state index contributed by atoms with van der Waals surface area (Å²) in [6.07, 6.45) is 1.43. The Hall–Kier alpha value is -2.95. The average Bonchev–Trinajstić information content (AvgIpc) is 2.93. The van der Waals surface area contributed by atoms with Crippen LogP contribution in [0.5, 0.6) is 0 Å². The number of H-pyrrole nitrogens is 1. The molecule has 0 bridgehead atoms. The van der Waals surface area contributed by atoms with Gasteiger partial charge in [0.2, 0.25) is 0 Å². The van der Waals surface area contributed by atoms with E-state index >= 15 is 0 Å². The molecule has 5 heteroatoms. The Morgan fingerprint density at radius 1 is 1.09 bits per heavy atom. The van der Waals surface area contributed by atoms with Crippen LogP contribution in [0.1, 0.15) is 21.5 Å². The number of hydrogen-bond donors (Lipinski definition) is 2. The molecular weight excluding hydrogens is 295 g/mol. The number of aromatic amines is 1. The van der Waals surface area contributed by atoms with Crippen LogP contribution in [0.15, 0.2) is 42.6 Å². The highest BCUT2D eigenvalue weighted by molar-refractivity contribution is 6.48. The van der Waals surface area contributed by atoms with E-state index in [1.54, 1.807) is 0 Å². The number of rotatable bonds is 3. The number of fused-ring (bicyclic) bond motifs is 1. The van der Waals surface area contributed by atoms with Gasteiger partial charge in [-0.3, -0.25) is 9.59 Å². The Balaban J connectivity index is 1.93. The van der Waals surface area contributed by atoms with Gasteiger partial charge in [0.1, 0.15) is 5.82 Å². The van der Waals surface area contributed by atoms with E-state index < -0.39 is 17.5 Å². The highest BCUT2D eigenvalue weighted by atomic mass is 19.1. The number of nitrogens with one attached hydrogen (secondary N) is 2. The zero-order valence-electron chi connectivity index (χ0n) is 12.7. The molecule has 3 aromatic rings. The molecule has 23 heavy (non-hydrogen) atoms. The molecule has 1 amide bonds. The van der Waals surface area contributed by atoms with Crippen LogP contribution in [0.2, 0.25) is 0 Å². The van der Waals surface area contributed by atoms with Gasteiger partial charge in [0.15, 0.2) is 0 Å². The lowest BCUT2D eigenvalue weighted by Crippen LogP contribution is -2.23. The zero-order chi connectivity index (χ0) is 16.6. The monoisotopic (exact) mass is 310 g/mol. The third kappa shape index (κ3) is 2.73. The van der Waals surface area contributed by atoms with Gasteiger partial charge in [0.25, 0.3) is 11.7 Å². The maximum absolute atomic E-state index is 13.4. The third-order valence-corrected chi connectivity index (χ3v) is 3.81. The number of Topliss-reactive ketones (excluding diaryl/α,β-unsaturated/α-hetero) is 1. The number of halogens is 1. The topological polar surface area (TPSA) is 62.0 Å². The normalized spacial score (nSPS) is 10.7. The fraction of sp³-hybridized carbons (Fsp3) is 0.111. The van der Waals surface area contributed by atoms with E-state index in [1.807, 2.05) is 32.0 Å². The molecular formula is C18H15FN2O2. The van der Waals surface area contributed by atoms with E-state index in [0.29, 0.717) is 16.6 Å². The minimum atomic E-state index is -0.743. The van der Waals surface area contributed by atoms with Gasteiger partial charge < -0.3 is 10.3 Å². The number of ketones is 1. The van der Waals surface area contributed by atoms with Crippen molar-refractivity contribution < 1.29 is 14.0 Å². The Kier molecular flexibility index (Phi) is 3.70. The number of aryl methyl sites for hydroxylation is 2. The van der Waals surface area contributed by atoms with Crippen molar-refractivity contribution in [1.82, 2.24) is 4.98 Å². The molecule has 0 aliphatic rings. The molecule has 0 saturated heterocycles. The molecule has 0 radical (unpaired) electrons. The molecule has 0 saturated carbocycles. The van der Waals surface area contributed by atoms with Crippen LogP contribution in [0.3, 0.4) is 0 Å². The highest BCUT2D eigenvalue weighted by Crippen LogP contribution is 2.22. The molecule has 0 aliphatic heterocycles. The summed E-state index contributed by atoms with van der Waals surface area (Å²) < 4.78 is 13.4. The first kappa shape index (κ1) is 15.0. The molecule has 2 N–H and O–H groups in total. The maximum Gasteiger partial charge on any atom is 0.296 e. The van der Waals surface area contributed by atoms with Crippen LogP contribution >= 0.6 is 0 Å². The molecule has 0 fully saturated rings. The van der Waals surface area contributed by atoms with Gasteiger partial charge in [-0.1, -0.05) is 18.2 Å². The van der Waals surface area contributed by atoms with E-state index in [-0.39, 0.29) is 5.56 Å². The van der Waals surface area contributed by atoms with E-state index in [9.17, 15) is 14.0 Å². The van der Waals surface area contributed by atoms with Crippen LogP contribution in [-0.2, 0) is 4.79 Å². The van der Waals surface area contributed by atoms with Crippen LogP contribution in [0, 0.1) is 19.7 Å². The first-order valence-electron chi connectivity index (χ1n) is 7.16. The van der Waals surface area contributed by atoms with Gasteiger partial charge in [0, 0.05) is 22.8 Å². The molecule has 1 heterocycles. The molecule has 0 atom stereocenters. The number of amides is 1. The van der Waals surface area contributed by atoms with Crippen molar-refractivity contribution in [3.63, 3.8) is 0 Å². The van der Waals surface area contributed by atoms with Gasteiger partial charge >= 0.3 is 0 Å². The summed E-state index contributed by atoms with van der Waals surface area (Å²) in [6.45, 7) is 3.71. The minimum Gasteiger partial charge on any atom is -0.360 e. The number of para-hydroxylation sites is 1. The number of carbonyl (C=O) groups is 2. The standard InChI is InChI=1S/C18H15FN2O2/c1-10-4-3-5-11(2)16(10)21-18(23)17(22)14-9-20-15-7-6-12(19)8-13(14)15/h3-9,20H,1-2H3,(H,21,23). The third-order valence-electron chi connectivity index (χ3n) is 3.81. The zero-order valence-corrected chi connectivity index (χ0v) is 12.7. The van der Waals surface area contributed by atoms with E-state index in [0.717, 1.165) is 11.1 Å². The van der Waals surface area contributed by atoms with Crippen molar-refractivity contribution in [2.45, 2.75) is 13.8 Å². The second-order valence-corrected chi connectivity index (χ2v) is 5.44. The molecule has 116 valence electrons. The highest BCUT2D eigenvalue weighted by Gasteiger charge is 2.21. The Labute approximate surface area is 132 Å². The maximum atomic E-state index is 13.4. The fourth-order valence-corrected chi connectivity index (χ4v) is 2.58. The first-order valence-corrected chi connectivity index (χ1v) is 7.16. The molecule has 2 aromatic carbocycles.